The van der Waals surface area contributed by atoms with Crippen molar-refractivity contribution in [3.63, 3.8) is 0 Å². The predicted molar refractivity (Wildman–Crippen MR) is 68.3 cm³/mol. The van der Waals surface area contributed by atoms with Crippen LogP contribution >= 0.6 is 0 Å². The lowest BCUT2D eigenvalue weighted by Gasteiger charge is -2.31. The molecule has 0 amide bonds. The molecule has 4 nitrogen and oxygen atoms in total. The molecule has 0 bridgehead atoms. The number of morpholine rings is 1. The van der Waals surface area contributed by atoms with E-state index in [1.807, 2.05) is 0 Å². The first-order valence-electron chi connectivity index (χ1n) is 7.01. The number of rotatable bonds is 5. The van der Waals surface area contributed by atoms with Crippen LogP contribution in [0.15, 0.2) is 0 Å². The highest BCUT2D eigenvalue weighted by atomic mass is 16.5. The minimum absolute atomic E-state index is 0.397. The van der Waals surface area contributed by atoms with Crippen molar-refractivity contribution < 1.29 is 9.47 Å². The molecule has 17 heavy (non-hydrogen) atoms. The zero-order valence-electron chi connectivity index (χ0n) is 11.0. The molecule has 1 N–H and O–H groups in total. The molecule has 1 unspecified atom stereocenters. The summed E-state index contributed by atoms with van der Waals surface area (Å²) in [6, 6.07) is 0. The highest BCUT2D eigenvalue weighted by molar-refractivity contribution is 4.69. The van der Waals surface area contributed by atoms with E-state index in [0.717, 1.165) is 52.4 Å². The first kappa shape index (κ1) is 13.3. The maximum absolute atomic E-state index is 5.90. The average Bonchev–Trinajstić information content (AvgIpc) is 2.36. The first-order valence-corrected chi connectivity index (χ1v) is 7.01. The fraction of sp³-hybridized carbons (Fsp3) is 1.00. The van der Waals surface area contributed by atoms with E-state index in [0.29, 0.717) is 12.2 Å². The summed E-state index contributed by atoms with van der Waals surface area (Å²) in [6.07, 6.45) is 4.40. The van der Waals surface area contributed by atoms with Crippen molar-refractivity contribution in [3.05, 3.63) is 0 Å². The van der Waals surface area contributed by atoms with E-state index in [4.69, 9.17) is 9.47 Å². The lowest BCUT2D eigenvalue weighted by molar-refractivity contribution is -0.0245. The van der Waals surface area contributed by atoms with Crippen LogP contribution in [0.25, 0.3) is 0 Å². The fourth-order valence-electron chi connectivity index (χ4n) is 2.59. The summed E-state index contributed by atoms with van der Waals surface area (Å²) in [5.74, 6) is 0. The summed E-state index contributed by atoms with van der Waals surface area (Å²) in [5.41, 5.74) is 0. The van der Waals surface area contributed by atoms with Crippen LogP contribution in [0.2, 0.25) is 0 Å². The Labute approximate surface area is 105 Å². The zero-order chi connectivity index (χ0) is 11.9. The van der Waals surface area contributed by atoms with Gasteiger partial charge in [0.25, 0.3) is 0 Å². The summed E-state index contributed by atoms with van der Waals surface area (Å²) in [5, 5.41) is 3.36. The van der Waals surface area contributed by atoms with Gasteiger partial charge < -0.3 is 14.8 Å². The molecule has 2 fully saturated rings. The van der Waals surface area contributed by atoms with Crippen molar-refractivity contribution >= 4 is 0 Å². The Kier molecular flexibility index (Phi) is 5.71. The molecule has 0 saturated carbocycles. The molecule has 0 aliphatic carbocycles. The Morgan fingerprint density at radius 2 is 2.18 bits per heavy atom. The molecule has 0 aromatic rings. The van der Waals surface area contributed by atoms with Crippen LogP contribution in [0.5, 0.6) is 0 Å². The summed E-state index contributed by atoms with van der Waals surface area (Å²) in [6.45, 7) is 9.49. The van der Waals surface area contributed by atoms with Gasteiger partial charge in [0.15, 0.2) is 0 Å². The Morgan fingerprint density at radius 1 is 1.35 bits per heavy atom. The summed E-state index contributed by atoms with van der Waals surface area (Å²) >= 11 is 0. The van der Waals surface area contributed by atoms with Gasteiger partial charge >= 0.3 is 0 Å². The van der Waals surface area contributed by atoms with Crippen molar-refractivity contribution in [2.24, 2.45) is 0 Å². The van der Waals surface area contributed by atoms with Crippen molar-refractivity contribution in [2.45, 2.75) is 38.4 Å². The quantitative estimate of drug-likeness (QED) is 0.725. The minimum atomic E-state index is 0.397. The van der Waals surface area contributed by atoms with Crippen LogP contribution in [0.3, 0.4) is 0 Å². The molecule has 0 radical (unpaired) electrons. The smallest absolute Gasteiger partial charge is 0.0674 e. The third-order valence-corrected chi connectivity index (χ3v) is 3.58. The van der Waals surface area contributed by atoms with E-state index in [1.165, 1.54) is 12.8 Å². The van der Waals surface area contributed by atoms with Crippen LogP contribution in [0.1, 0.15) is 26.2 Å². The van der Waals surface area contributed by atoms with Gasteiger partial charge in [0.1, 0.15) is 0 Å². The number of hydrogen-bond donors (Lipinski definition) is 1. The molecule has 4 heteroatoms. The number of nitrogens with one attached hydrogen (secondary N) is 1. The molecule has 2 aliphatic heterocycles. The Bertz CT molecular complexity index is 208. The Hall–Kier alpha value is -0.160. The van der Waals surface area contributed by atoms with Crippen LogP contribution in [0, 0.1) is 0 Å². The fourth-order valence-corrected chi connectivity index (χ4v) is 2.59. The van der Waals surface area contributed by atoms with Gasteiger partial charge in [0, 0.05) is 26.2 Å². The van der Waals surface area contributed by atoms with Gasteiger partial charge in [0.2, 0.25) is 0 Å². The van der Waals surface area contributed by atoms with E-state index < -0.39 is 0 Å². The Balaban J connectivity index is 1.50. The average molecular weight is 242 g/mol. The van der Waals surface area contributed by atoms with Crippen LogP contribution in [-0.2, 0) is 9.47 Å². The third-order valence-electron chi connectivity index (χ3n) is 3.58. The van der Waals surface area contributed by atoms with Gasteiger partial charge in [0.05, 0.1) is 18.8 Å². The molecule has 0 spiro atoms. The van der Waals surface area contributed by atoms with Gasteiger partial charge in [-0.25, -0.2) is 0 Å². The zero-order valence-corrected chi connectivity index (χ0v) is 11.0. The molecule has 100 valence electrons. The maximum Gasteiger partial charge on any atom is 0.0674 e. The minimum Gasteiger partial charge on any atom is -0.378 e. The van der Waals surface area contributed by atoms with Crippen LogP contribution in [0.4, 0.5) is 0 Å². The van der Waals surface area contributed by atoms with E-state index in [1.54, 1.807) is 0 Å². The predicted octanol–water partition coefficient (Wildman–Crippen LogP) is 0.866. The van der Waals surface area contributed by atoms with Gasteiger partial charge in [-0.1, -0.05) is 0 Å². The normalized spacial score (nSPS) is 28.4. The van der Waals surface area contributed by atoms with Gasteiger partial charge in [-0.15, -0.1) is 0 Å². The topological polar surface area (TPSA) is 33.7 Å². The van der Waals surface area contributed by atoms with Crippen molar-refractivity contribution in [3.8, 4) is 0 Å². The molecule has 2 aliphatic rings. The van der Waals surface area contributed by atoms with Gasteiger partial charge in [-0.05, 0) is 39.3 Å². The molecule has 2 heterocycles. The summed E-state index contributed by atoms with van der Waals surface area (Å²) in [4.78, 5) is 2.49. The van der Waals surface area contributed by atoms with Crippen LogP contribution in [-0.4, -0.2) is 63.0 Å². The second kappa shape index (κ2) is 7.31. The summed E-state index contributed by atoms with van der Waals surface area (Å²) in [7, 11) is 0. The summed E-state index contributed by atoms with van der Waals surface area (Å²) < 4.78 is 11.4. The first-order chi connectivity index (χ1) is 8.34. The highest BCUT2D eigenvalue weighted by Gasteiger charge is 2.16. The molecule has 1 atom stereocenters. The standard InChI is InChI=1S/C13H26N2O2/c1-12-11-15(8-10-16-12)7-2-9-17-13-3-5-14-6-4-13/h12-14H,2-11H2,1H3. The second-order valence-electron chi connectivity index (χ2n) is 5.16. The van der Waals surface area contributed by atoms with E-state index >= 15 is 0 Å². The number of nitrogens with zero attached hydrogens (tertiary/aromatic N) is 1. The number of hydrogen-bond acceptors (Lipinski definition) is 4. The lowest BCUT2D eigenvalue weighted by Crippen LogP contribution is -2.41. The number of piperidine rings is 1. The maximum atomic E-state index is 5.90. The number of ether oxygens (including phenoxy) is 2. The van der Waals surface area contributed by atoms with Gasteiger partial charge in [-0.2, -0.15) is 0 Å². The third kappa shape index (κ3) is 4.92. The molecule has 2 saturated heterocycles. The highest BCUT2D eigenvalue weighted by Crippen LogP contribution is 2.08. The SMILES string of the molecule is CC1CN(CCCOC2CCNCC2)CCO1. The van der Waals surface area contributed by atoms with Gasteiger partial charge in [-0.3, -0.25) is 4.90 Å². The van der Waals surface area contributed by atoms with E-state index in [-0.39, 0.29) is 0 Å². The molecule has 0 aromatic carbocycles. The Morgan fingerprint density at radius 3 is 2.94 bits per heavy atom. The largest absolute Gasteiger partial charge is 0.378 e. The monoisotopic (exact) mass is 242 g/mol. The molecule has 0 aromatic heterocycles. The lowest BCUT2D eigenvalue weighted by atomic mass is 10.1. The van der Waals surface area contributed by atoms with Crippen molar-refractivity contribution in [1.82, 2.24) is 10.2 Å². The van der Waals surface area contributed by atoms with E-state index in [2.05, 4.69) is 17.1 Å². The van der Waals surface area contributed by atoms with Crippen molar-refractivity contribution in [1.29, 1.82) is 0 Å². The van der Waals surface area contributed by atoms with Crippen molar-refractivity contribution in [2.75, 3.05) is 45.9 Å². The van der Waals surface area contributed by atoms with Crippen LogP contribution < -0.4 is 5.32 Å². The second-order valence-corrected chi connectivity index (χ2v) is 5.16. The molecular weight excluding hydrogens is 216 g/mol. The molecular formula is C13H26N2O2. The molecule has 2 rings (SSSR count). The van der Waals surface area contributed by atoms with E-state index in [9.17, 15) is 0 Å².